The molecule has 2 N–H and O–H groups in total. The van der Waals surface area contributed by atoms with Crippen molar-refractivity contribution < 1.29 is 0 Å². The second-order valence-electron chi connectivity index (χ2n) is 5.50. The lowest BCUT2D eigenvalue weighted by atomic mass is 9.78. The maximum atomic E-state index is 6.14. The summed E-state index contributed by atoms with van der Waals surface area (Å²) in [5.74, 6) is 0.758. The molecule has 0 aromatic rings. The summed E-state index contributed by atoms with van der Waals surface area (Å²) >= 11 is 0. The second-order valence-corrected chi connectivity index (χ2v) is 5.50. The lowest BCUT2D eigenvalue weighted by Gasteiger charge is -2.42. The monoisotopic (exact) mass is 184 g/mol. The zero-order chi connectivity index (χ0) is 10.1. The van der Waals surface area contributed by atoms with E-state index in [1.165, 1.54) is 19.5 Å². The minimum Gasteiger partial charge on any atom is -0.326 e. The molecule has 0 aliphatic carbocycles. The minimum absolute atomic E-state index is 0.341. The quantitative estimate of drug-likeness (QED) is 0.708. The first-order chi connectivity index (χ1) is 5.92. The fourth-order valence-electron chi connectivity index (χ4n) is 1.93. The molecule has 0 spiro atoms. The van der Waals surface area contributed by atoms with Crippen molar-refractivity contribution in [2.75, 3.05) is 19.6 Å². The van der Waals surface area contributed by atoms with Gasteiger partial charge in [-0.1, -0.05) is 27.7 Å². The SMILES string of the molecule is CC(C)CN1CCC(C)(C)C(N)C1. The van der Waals surface area contributed by atoms with Crippen LogP contribution in [0.15, 0.2) is 0 Å². The number of likely N-dealkylation sites (tertiary alicyclic amines) is 1. The zero-order valence-electron chi connectivity index (χ0n) is 9.51. The fraction of sp³-hybridized carbons (Fsp3) is 1.00. The number of hydrogen-bond donors (Lipinski definition) is 1. The van der Waals surface area contributed by atoms with E-state index in [9.17, 15) is 0 Å². The van der Waals surface area contributed by atoms with Gasteiger partial charge in [-0.3, -0.25) is 0 Å². The average molecular weight is 184 g/mol. The molecule has 0 aromatic heterocycles. The molecule has 1 fully saturated rings. The first kappa shape index (κ1) is 11.0. The largest absolute Gasteiger partial charge is 0.326 e. The van der Waals surface area contributed by atoms with E-state index >= 15 is 0 Å². The molecule has 1 heterocycles. The van der Waals surface area contributed by atoms with Gasteiger partial charge in [0.15, 0.2) is 0 Å². The Kier molecular flexibility index (Phi) is 3.36. The third-order valence-corrected chi connectivity index (χ3v) is 3.15. The van der Waals surface area contributed by atoms with Gasteiger partial charge in [0.05, 0.1) is 0 Å². The Morgan fingerprint density at radius 2 is 2.08 bits per heavy atom. The smallest absolute Gasteiger partial charge is 0.0220 e. The van der Waals surface area contributed by atoms with Crippen molar-refractivity contribution in [1.82, 2.24) is 4.90 Å². The molecule has 0 amide bonds. The Morgan fingerprint density at radius 3 is 2.54 bits per heavy atom. The van der Waals surface area contributed by atoms with Gasteiger partial charge in [-0.05, 0) is 24.3 Å². The molecule has 1 unspecified atom stereocenters. The van der Waals surface area contributed by atoms with Crippen LogP contribution in [0.3, 0.4) is 0 Å². The van der Waals surface area contributed by atoms with E-state index < -0.39 is 0 Å². The minimum atomic E-state index is 0.341. The van der Waals surface area contributed by atoms with Gasteiger partial charge in [0.2, 0.25) is 0 Å². The highest BCUT2D eigenvalue weighted by atomic mass is 15.2. The highest BCUT2D eigenvalue weighted by Crippen LogP contribution is 2.29. The highest BCUT2D eigenvalue weighted by Gasteiger charge is 2.32. The lowest BCUT2D eigenvalue weighted by Crippen LogP contribution is -2.53. The third-order valence-electron chi connectivity index (χ3n) is 3.15. The lowest BCUT2D eigenvalue weighted by molar-refractivity contribution is 0.0971. The zero-order valence-corrected chi connectivity index (χ0v) is 9.51. The molecular formula is C11H24N2. The van der Waals surface area contributed by atoms with Crippen LogP contribution >= 0.6 is 0 Å². The molecule has 2 heteroatoms. The van der Waals surface area contributed by atoms with Gasteiger partial charge in [-0.25, -0.2) is 0 Å². The summed E-state index contributed by atoms with van der Waals surface area (Å²) in [6.07, 6.45) is 1.24. The molecule has 0 radical (unpaired) electrons. The van der Waals surface area contributed by atoms with Crippen LogP contribution < -0.4 is 5.73 Å². The van der Waals surface area contributed by atoms with E-state index in [0.29, 0.717) is 11.5 Å². The first-order valence-electron chi connectivity index (χ1n) is 5.40. The molecule has 1 atom stereocenters. The van der Waals surface area contributed by atoms with E-state index in [0.717, 1.165) is 12.5 Å². The standard InChI is InChI=1S/C11H24N2/c1-9(2)7-13-6-5-11(3,4)10(12)8-13/h9-10H,5-8,12H2,1-4H3. The Labute approximate surface area is 82.5 Å². The first-order valence-corrected chi connectivity index (χ1v) is 5.40. The van der Waals surface area contributed by atoms with Crippen LogP contribution in [0.25, 0.3) is 0 Å². The Balaban J connectivity index is 2.42. The Hall–Kier alpha value is -0.0800. The van der Waals surface area contributed by atoms with Crippen molar-refractivity contribution >= 4 is 0 Å². The maximum absolute atomic E-state index is 6.14. The number of piperidine rings is 1. The highest BCUT2D eigenvalue weighted by molar-refractivity contribution is 4.89. The predicted molar refractivity (Wildman–Crippen MR) is 57.7 cm³/mol. The predicted octanol–water partition coefficient (Wildman–Crippen LogP) is 1.70. The van der Waals surface area contributed by atoms with E-state index in [1.54, 1.807) is 0 Å². The molecule has 0 bridgehead atoms. The van der Waals surface area contributed by atoms with Gasteiger partial charge in [-0.15, -0.1) is 0 Å². The molecule has 0 aromatic carbocycles. The second kappa shape index (κ2) is 3.97. The van der Waals surface area contributed by atoms with Gasteiger partial charge in [0.1, 0.15) is 0 Å². The van der Waals surface area contributed by atoms with E-state index in [4.69, 9.17) is 5.73 Å². The number of nitrogens with two attached hydrogens (primary N) is 1. The van der Waals surface area contributed by atoms with Crippen molar-refractivity contribution in [1.29, 1.82) is 0 Å². The van der Waals surface area contributed by atoms with Crippen LogP contribution in [0, 0.1) is 11.3 Å². The van der Waals surface area contributed by atoms with Crippen molar-refractivity contribution in [2.24, 2.45) is 17.1 Å². The van der Waals surface area contributed by atoms with Gasteiger partial charge >= 0.3 is 0 Å². The fourth-order valence-corrected chi connectivity index (χ4v) is 1.93. The molecule has 1 rings (SSSR count). The summed E-state index contributed by atoms with van der Waals surface area (Å²) < 4.78 is 0. The normalized spacial score (nSPS) is 29.5. The van der Waals surface area contributed by atoms with E-state index in [1.807, 2.05) is 0 Å². The number of hydrogen-bond acceptors (Lipinski definition) is 2. The van der Waals surface area contributed by atoms with Crippen LogP contribution in [-0.2, 0) is 0 Å². The summed E-state index contributed by atoms with van der Waals surface area (Å²) in [7, 11) is 0. The van der Waals surface area contributed by atoms with Crippen molar-refractivity contribution in [2.45, 2.75) is 40.2 Å². The summed E-state index contributed by atoms with van der Waals surface area (Å²) in [6.45, 7) is 12.6. The molecule has 2 nitrogen and oxygen atoms in total. The van der Waals surface area contributed by atoms with E-state index in [-0.39, 0.29) is 0 Å². The maximum Gasteiger partial charge on any atom is 0.0220 e. The summed E-state index contributed by atoms with van der Waals surface area (Å²) in [4.78, 5) is 2.50. The van der Waals surface area contributed by atoms with E-state index in [2.05, 4.69) is 32.6 Å². The Bertz CT molecular complexity index is 163. The van der Waals surface area contributed by atoms with Crippen LogP contribution in [0.2, 0.25) is 0 Å². The molecule has 1 aliphatic rings. The molecule has 1 saturated heterocycles. The summed E-state index contributed by atoms with van der Waals surface area (Å²) in [5, 5.41) is 0. The summed E-state index contributed by atoms with van der Waals surface area (Å²) in [5.41, 5.74) is 6.48. The van der Waals surface area contributed by atoms with Crippen LogP contribution in [0.5, 0.6) is 0 Å². The number of rotatable bonds is 2. The molecular weight excluding hydrogens is 160 g/mol. The van der Waals surface area contributed by atoms with Gasteiger partial charge in [-0.2, -0.15) is 0 Å². The Morgan fingerprint density at radius 1 is 1.46 bits per heavy atom. The van der Waals surface area contributed by atoms with Crippen molar-refractivity contribution in [3.05, 3.63) is 0 Å². The molecule has 78 valence electrons. The van der Waals surface area contributed by atoms with Crippen LogP contribution in [-0.4, -0.2) is 30.6 Å². The molecule has 13 heavy (non-hydrogen) atoms. The van der Waals surface area contributed by atoms with Crippen LogP contribution in [0.1, 0.15) is 34.1 Å². The van der Waals surface area contributed by atoms with Crippen molar-refractivity contribution in [3.8, 4) is 0 Å². The van der Waals surface area contributed by atoms with Crippen LogP contribution in [0.4, 0.5) is 0 Å². The van der Waals surface area contributed by atoms with Crippen molar-refractivity contribution in [3.63, 3.8) is 0 Å². The number of nitrogens with zero attached hydrogens (tertiary/aromatic N) is 1. The third kappa shape index (κ3) is 2.96. The molecule has 0 saturated carbocycles. The summed E-state index contributed by atoms with van der Waals surface area (Å²) in [6, 6.07) is 0.347. The average Bonchev–Trinajstić information content (AvgIpc) is 1.97. The topological polar surface area (TPSA) is 29.3 Å². The molecule has 1 aliphatic heterocycles. The van der Waals surface area contributed by atoms with Gasteiger partial charge < -0.3 is 10.6 Å². The van der Waals surface area contributed by atoms with Gasteiger partial charge in [0, 0.05) is 19.1 Å². The van der Waals surface area contributed by atoms with Gasteiger partial charge in [0.25, 0.3) is 0 Å².